The van der Waals surface area contributed by atoms with Crippen LogP contribution in [0.15, 0.2) is 24.3 Å². The van der Waals surface area contributed by atoms with Gasteiger partial charge in [-0.1, -0.05) is 29.8 Å². The Kier molecular flexibility index (Phi) is 2.90. The Morgan fingerprint density at radius 2 is 2.12 bits per heavy atom. The van der Waals surface area contributed by atoms with Crippen molar-refractivity contribution < 1.29 is 0 Å². The lowest BCUT2D eigenvalue weighted by atomic mass is 10.0. The molecule has 0 aromatic heterocycles. The van der Waals surface area contributed by atoms with Crippen molar-refractivity contribution in [2.45, 2.75) is 30.8 Å². The molecule has 1 saturated heterocycles. The van der Waals surface area contributed by atoms with Gasteiger partial charge in [0.25, 0.3) is 0 Å². The summed E-state index contributed by atoms with van der Waals surface area (Å²) in [5.74, 6) is 2.56. The van der Waals surface area contributed by atoms with Gasteiger partial charge >= 0.3 is 0 Å². The monoisotopic (exact) mass is 253 g/mol. The van der Waals surface area contributed by atoms with Crippen LogP contribution in [0, 0.1) is 0 Å². The molecule has 1 aromatic rings. The maximum Gasteiger partial charge on any atom is 0.0456 e. The van der Waals surface area contributed by atoms with Crippen LogP contribution in [0.4, 0.5) is 0 Å². The molecule has 3 heteroatoms. The smallest absolute Gasteiger partial charge is 0.0456 e. The third kappa shape index (κ3) is 1.99. The second-order valence-electron chi connectivity index (χ2n) is 4.77. The standard InChI is InChI=1S/C13H16ClNS/c14-12-4-2-1-3-11(12)13(6-7-13)15-10-5-8-16-9-10/h1-4,10,15H,5-9H2/t10-/m1/s1. The van der Waals surface area contributed by atoms with E-state index >= 15 is 0 Å². The van der Waals surface area contributed by atoms with Crippen LogP contribution in [0.1, 0.15) is 24.8 Å². The highest BCUT2D eigenvalue weighted by Gasteiger charge is 2.46. The van der Waals surface area contributed by atoms with Crippen molar-refractivity contribution in [1.82, 2.24) is 5.32 Å². The maximum absolute atomic E-state index is 6.29. The number of rotatable bonds is 3. The molecular formula is C13H16ClNS. The van der Waals surface area contributed by atoms with Crippen molar-refractivity contribution in [2.24, 2.45) is 0 Å². The summed E-state index contributed by atoms with van der Waals surface area (Å²) < 4.78 is 0. The van der Waals surface area contributed by atoms with E-state index in [1.165, 1.54) is 36.3 Å². The van der Waals surface area contributed by atoms with Crippen LogP contribution in [-0.4, -0.2) is 17.5 Å². The summed E-state index contributed by atoms with van der Waals surface area (Å²) in [6, 6.07) is 8.95. The van der Waals surface area contributed by atoms with Crippen LogP contribution in [0.3, 0.4) is 0 Å². The molecule has 0 spiro atoms. The minimum Gasteiger partial charge on any atom is -0.304 e. The molecule has 1 aliphatic carbocycles. The zero-order valence-corrected chi connectivity index (χ0v) is 10.8. The molecule has 16 heavy (non-hydrogen) atoms. The van der Waals surface area contributed by atoms with Gasteiger partial charge in [0.15, 0.2) is 0 Å². The van der Waals surface area contributed by atoms with Gasteiger partial charge in [-0.15, -0.1) is 0 Å². The molecule has 1 nitrogen and oxygen atoms in total. The number of nitrogens with one attached hydrogen (secondary N) is 1. The van der Waals surface area contributed by atoms with Crippen molar-refractivity contribution in [3.8, 4) is 0 Å². The highest BCUT2D eigenvalue weighted by atomic mass is 35.5. The first-order valence-electron chi connectivity index (χ1n) is 5.91. The topological polar surface area (TPSA) is 12.0 Å². The summed E-state index contributed by atoms with van der Waals surface area (Å²) in [5, 5.41) is 4.73. The molecule has 0 amide bonds. The van der Waals surface area contributed by atoms with E-state index in [-0.39, 0.29) is 5.54 Å². The average Bonchev–Trinajstić information content (AvgIpc) is 2.87. The van der Waals surface area contributed by atoms with Gasteiger partial charge in [-0.25, -0.2) is 0 Å². The molecule has 0 bridgehead atoms. The normalized spacial score (nSPS) is 26.9. The molecule has 86 valence electrons. The van der Waals surface area contributed by atoms with Gasteiger partial charge in [-0.2, -0.15) is 11.8 Å². The number of benzene rings is 1. The fourth-order valence-corrected chi connectivity index (χ4v) is 3.97. The van der Waals surface area contributed by atoms with Crippen molar-refractivity contribution >= 4 is 23.4 Å². The van der Waals surface area contributed by atoms with E-state index in [4.69, 9.17) is 11.6 Å². The van der Waals surface area contributed by atoms with Crippen LogP contribution < -0.4 is 5.32 Å². The van der Waals surface area contributed by atoms with E-state index < -0.39 is 0 Å². The molecule has 3 rings (SSSR count). The van der Waals surface area contributed by atoms with E-state index in [2.05, 4.69) is 29.2 Å². The van der Waals surface area contributed by atoms with Crippen molar-refractivity contribution in [3.63, 3.8) is 0 Å². The lowest BCUT2D eigenvalue weighted by Gasteiger charge is -2.23. The predicted octanol–water partition coefficient (Wildman–Crippen LogP) is 3.42. The Labute approximate surface area is 106 Å². The van der Waals surface area contributed by atoms with Gasteiger partial charge in [0.1, 0.15) is 0 Å². The highest BCUT2D eigenvalue weighted by Crippen LogP contribution is 2.48. The van der Waals surface area contributed by atoms with Crippen molar-refractivity contribution in [3.05, 3.63) is 34.9 Å². The van der Waals surface area contributed by atoms with Crippen molar-refractivity contribution in [2.75, 3.05) is 11.5 Å². The van der Waals surface area contributed by atoms with Crippen molar-refractivity contribution in [1.29, 1.82) is 0 Å². The molecule has 1 aliphatic heterocycles. The Balaban J connectivity index is 1.80. The molecular weight excluding hydrogens is 238 g/mol. The summed E-state index contributed by atoms with van der Waals surface area (Å²) in [4.78, 5) is 0. The molecule has 0 radical (unpaired) electrons. The Bertz CT molecular complexity index is 383. The number of halogens is 1. The van der Waals surface area contributed by atoms with Crippen LogP contribution in [0.25, 0.3) is 0 Å². The molecule has 1 atom stereocenters. The lowest BCUT2D eigenvalue weighted by molar-refractivity contribution is 0.445. The lowest BCUT2D eigenvalue weighted by Crippen LogP contribution is -2.38. The molecule has 0 unspecified atom stereocenters. The van der Waals surface area contributed by atoms with Gasteiger partial charge in [0.2, 0.25) is 0 Å². The quantitative estimate of drug-likeness (QED) is 0.886. The number of thioether (sulfide) groups is 1. The van der Waals surface area contributed by atoms with E-state index in [9.17, 15) is 0 Å². The third-order valence-electron chi connectivity index (χ3n) is 3.55. The summed E-state index contributed by atoms with van der Waals surface area (Å²) in [7, 11) is 0. The molecule has 1 aromatic carbocycles. The third-order valence-corrected chi connectivity index (χ3v) is 5.04. The summed E-state index contributed by atoms with van der Waals surface area (Å²) in [5.41, 5.74) is 1.50. The minimum atomic E-state index is 0.202. The largest absolute Gasteiger partial charge is 0.304 e. The number of hydrogen-bond donors (Lipinski definition) is 1. The van der Waals surface area contributed by atoms with Crippen LogP contribution in [0.2, 0.25) is 5.02 Å². The first-order valence-corrected chi connectivity index (χ1v) is 7.44. The fraction of sp³-hybridized carbons (Fsp3) is 0.538. The second kappa shape index (κ2) is 4.25. The highest BCUT2D eigenvalue weighted by molar-refractivity contribution is 7.99. The summed E-state index contributed by atoms with van der Waals surface area (Å²) in [6.45, 7) is 0. The van der Waals surface area contributed by atoms with Gasteiger partial charge in [0, 0.05) is 22.4 Å². The predicted molar refractivity (Wildman–Crippen MR) is 71.2 cm³/mol. The van der Waals surface area contributed by atoms with Crippen LogP contribution in [0.5, 0.6) is 0 Å². The SMILES string of the molecule is Clc1ccccc1C1(N[C@@H]2CCSC2)CC1. The van der Waals surface area contributed by atoms with Gasteiger partial charge in [0.05, 0.1) is 0 Å². The Hall–Kier alpha value is -0.180. The molecule has 1 N–H and O–H groups in total. The first kappa shape index (κ1) is 10.9. The van der Waals surface area contributed by atoms with Crippen LogP contribution >= 0.6 is 23.4 Å². The van der Waals surface area contributed by atoms with E-state index in [0.717, 1.165) is 5.02 Å². The second-order valence-corrected chi connectivity index (χ2v) is 6.32. The Morgan fingerprint density at radius 3 is 2.75 bits per heavy atom. The average molecular weight is 254 g/mol. The zero-order chi connectivity index (χ0) is 11.0. The van der Waals surface area contributed by atoms with Gasteiger partial charge in [-0.05, 0) is 36.6 Å². The van der Waals surface area contributed by atoms with E-state index in [0.29, 0.717) is 6.04 Å². The van der Waals surface area contributed by atoms with Gasteiger partial charge < -0.3 is 5.32 Å². The molecule has 2 fully saturated rings. The summed E-state index contributed by atoms with van der Waals surface area (Å²) in [6.07, 6.45) is 3.77. The minimum absolute atomic E-state index is 0.202. The molecule has 1 heterocycles. The van der Waals surface area contributed by atoms with Gasteiger partial charge in [-0.3, -0.25) is 0 Å². The Morgan fingerprint density at radius 1 is 1.31 bits per heavy atom. The first-order chi connectivity index (χ1) is 7.80. The number of hydrogen-bond acceptors (Lipinski definition) is 2. The van der Waals surface area contributed by atoms with E-state index in [1.54, 1.807) is 0 Å². The van der Waals surface area contributed by atoms with Crippen LogP contribution in [-0.2, 0) is 5.54 Å². The van der Waals surface area contributed by atoms with E-state index in [1.807, 2.05) is 12.1 Å². The zero-order valence-electron chi connectivity index (χ0n) is 9.21. The molecule has 2 aliphatic rings. The fourth-order valence-electron chi connectivity index (χ4n) is 2.50. The maximum atomic E-state index is 6.29. The summed E-state index contributed by atoms with van der Waals surface area (Å²) >= 11 is 8.34. The molecule has 1 saturated carbocycles.